The molecule has 0 heterocycles. The fraction of sp³-hybridized carbons (Fsp3) is 1.00. The fourth-order valence-corrected chi connectivity index (χ4v) is 0.0609. The van der Waals surface area contributed by atoms with Gasteiger partial charge in [-0.1, -0.05) is 0 Å². The van der Waals surface area contributed by atoms with E-state index < -0.39 is 0 Å². The van der Waals surface area contributed by atoms with Crippen molar-refractivity contribution in [2.45, 2.75) is 0 Å². The Morgan fingerprint density at radius 2 is 2.40 bits per heavy atom. The summed E-state index contributed by atoms with van der Waals surface area (Å²) in [6.07, 6.45) is 0. The summed E-state index contributed by atoms with van der Waals surface area (Å²) in [5, 5.41) is 7.76. The van der Waals surface area contributed by atoms with Crippen LogP contribution < -0.4 is 0 Å². The van der Waals surface area contributed by atoms with Crippen molar-refractivity contribution in [3.8, 4) is 0 Å². The van der Waals surface area contributed by atoms with Crippen LogP contribution in [0.1, 0.15) is 0 Å². The molecule has 0 aromatic rings. The average molecular weight is 69.7 g/mol. The SMILES string of the molecule is COB=BO. The van der Waals surface area contributed by atoms with Crippen LogP contribution in [-0.2, 0) is 4.65 Å². The summed E-state index contributed by atoms with van der Waals surface area (Å²) in [6, 6.07) is 0. The third kappa shape index (κ3) is 3.73. The zero-order valence-electron chi connectivity index (χ0n) is 3.01. The molecule has 0 spiro atoms. The van der Waals surface area contributed by atoms with Crippen LogP contribution in [0.4, 0.5) is 0 Å². The predicted octanol–water partition coefficient (Wildman–Crippen LogP) is -1.22. The van der Waals surface area contributed by atoms with Gasteiger partial charge in [0.15, 0.2) is 0 Å². The Morgan fingerprint density at radius 3 is 2.40 bits per heavy atom. The van der Waals surface area contributed by atoms with Gasteiger partial charge in [0.25, 0.3) is 0 Å². The molecule has 0 unspecified atom stereocenters. The first-order valence-corrected chi connectivity index (χ1v) is 1.24. The molecule has 2 nitrogen and oxygen atoms in total. The van der Waals surface area contributed by atoms with E-state index in [9.17, 15) is 0 Å². The van der Waals surface area contributed by atoms with Crippen LogP contribution in [0.5, 0.6) is 0 Å². The van der Waals surface area contributed by atoms with E-state index in [1.54, 1.807) is 0 Å². The third-order valence-corrected chi connectivity index (χ3v) is 0.197. The van der Waals surface area contributed by atoms with Crippen LogP contribution in [0.15, 0.2) is 0 Å². The van der Waals surface area contributed by atoms with Crippen LogP contribution in [0, 0.1) is 0 Å². The Balaban J connectivity index is 2.62. The Bertz CT molecular complexity index is 34.6. The second kappa shape index (κ2) is 3.73. The molecule has 0 saturated heterocycles. The Kier molecular flexibility index (Phi) is 3.53. The Labute approximate surface area is 31.9 Å². The molecule has 0 aromatic heterocycles. The number of rotatable bonds is 1. The number of hydrogen-bond acceptors (Lipinski definition) is 2. The second-order valence-corrected chi connectivity index (χ2v) is 0.521. The minimum absolute atomic E-state index is 0.833. The van der Waals surface area contributed by atoms with Gasteiger partial charge in [-0.25, -0.2) is 0 Å². The van der Waals surface area contributed by atoms with Crippen molar-refractivity contribution in [2.24, 2.45) is 0 Å². The van der Waals surface area contributed by atoms with Gasteiger partial charge < -0.3 is 0 Å². The molecule has 1 N–H and O–H groups in total. The standard InChI is InChI=1S/CH4B2O2/c1-5-3-2-4/h4H,1H3. The zero-order valence-corrected chi connectivity index (χ0v) is 3.01. The van der Waals surface area contributed by atoms with E-state index in [1.807, 2.05) is 0 Å². The normalized spacial score (nSPS) is 5.80. The van der Waals surface area contributed by atoms with E-state index in [2.05, 4.69) is 4.65 Å². The quantitative estimate of drug-likeness (QED) is 0.391. The van der Waals surface area contributed by atoms with Crippen molar-refractivity contribution in [3.05, 3.63) is 0 Å². The fourth-order valence-electron chi connectivity index (χ4n) is 0.0609. The van der Waals surface area contributed by atoms with Gasteiger partial charge in [0.05, 0.1) is 0 Å². The monoisotopic (exact) mass is 70.0 g/mol. The molecule has 0 aliphatic heterocycles. The molecule has 26 valence electrons. The second-order valence-electron chi connectivity index (χ2n) is 0.521. The Morgan fingerprint density at radius 1 is 1.80 bits per heavy atom. The Hall–Kier alpha value is -0.270. The van der Waals surface area contributed by atoms with Gasteiger partial charge in [-0.15, -0.1) is 0 Å². The van der Waals surface area contributed by atoms with Crippen molar-refractivity contribution in [1.29, 1.82) is 0 Å². The van der Waals surface area contributed by atoms with E-state index in [-0.39, 0.29) is 0 Å². The minimum atomic E-state index is 0.833. The molecular weight excluding hydrogens is 65.6 g/mol. The molecule has 4 heteroatoms. The summed E-state index contributed by atoms with van der Waals surface area (Å²) < 4.78 is 4.26. The molecule has 0 bridgehead atoms. The zero-order chi connectivity index (χ0) is 4.12. The van der Waals surface area contributed by atoms with Crippen LogP contribution in [0.2, 0.25) is 0 Å². The molecule has 0 radical (unpaired) electrons. The summed E-state index contributed by atoms with van der Waals surface area (Å²) in [4.78, 5) is 0. The summed E-state index contributed by atoms with van der Waals surface area (Å²) in [6.45, 7) is 0. The van der Waals surface area contributed by atoms with E-state index in [0.717, 1.165) is 7.00 Å². The molecule has 0 fully saturated rings. The van der Waals surface area contributed by atoms with E-state index in [1.165, 1.54) is 14.1 Å². The van der Waals surface area contributed by atoms with E-state index in [0.29, 0.717) is 0 Å². The summed E-state index contributed by atoms with van der Waals surface area (Å²) >= 11 is 0. The van der Waals surface area contributed by atoms with Gasteiger partial charge >= 0.3 is 30.8 Å². The van der Waals surface area contributed by atoms with E-state index in [4.69, 9.17) is 5.02 Å². The average Bonchev–Trinajstić information content (AvgIpc) is 1.41. The van der Waals surface area contributed by atoms with Crippen molar-refractivity contribution in [2.75, 3.05) is 7.11 Å². The van der Waals surface area contributed by atoms with E-state index >= 15 is 0 Å². The van der Waals surface area contributed by atoms with Gasteiger partial charge in [-0.05, 0) is 0 Å². The van der Waals surface area contributed by atoms with Gasteiger partial charge in [0.2, 0.25) is 0 Å². The number of hydrogen-bond donors (Lipinski definition) is 1. The predicted molar refractivity (Wildman–Crippen MR) is 20.7 cm³/mol. The van der Waals surface area contributed by atoms with Crippen LogP contribution in [0.3, 0.4) is 0 Å². The van der Waals surface area contributed by atoms with Gasteiger partial charge in [0.1, 0.15) is 0 Å². The third-order valence-electron chi connectivity index (χ3n) is 0.197. The molecule has 0 atom stereocenters. The topological polar surface area (TPSA) is 29.5 Å². The maximum absolute atomic E-state index is 7.76. The first kappa shape index (κ1) is 4.73. The summed E-state index contributed by atoms with van der Waals surface area (Å²) in [5.41, 5.74) is 0. The molecule has 0 saturated carbocycles. The molecule has 0 aliphatic rings. The van der Waals surface area contributed by atoms with Crippen molar-refractivity contribution in [3.63, 3.8) is 0 Å². The van der Waals surface area contributed by atoms with Crippen molar-refractivity contribution >= 4 is 14.0 Å². The van der Waals surface area contributed by atoms with Gasteiger partial charge in [0, 0.05) is 0 Å². The van der Waals surface area contributed by atoms with Crippen molar-refractivity contribution < 1.29 is 9.68 Å². The van der Waals surface area contributed by atoms with Crippen LogP contribution in [0.25, 0.3) is 0 Å². The van der Waals surface area contributed by atoms with Gasteiger partial charge in [-0.3, -0.25) is 0 Å². The summed E-state index contributed by atoms with van der Waals surface area (Å²) in [7, 11) is 3.48. The molecule has 0 aliphatic carbocycles. The summed E-state index contributed by atoms with van der Waals surface area (Å²) in [5.74, 6) is 0. The molecule has 5 heavy (non-hydrogen) atoms. The molecule has 0 aromatic carbocycles. The molecule has 0 amide bonds. The maximum atomic E-state index is 7.76. The first-order chi connectivity index (χ1) is 2.41. The first-order valence-electron chi connectivity index (χ1n) is 1.24. The van der Waals surface area contributed by atoms with Crippen LogP contribution in [-0.4, -0.2) is 26.1 Å². The van der Waals surface area contributed by atoms with Gasteiger partial charge in [-0.2, -0.15) is 0 Å². The molecular formula is CH4B2O2. The molecule has 0 rings (SSSR count). The van der Waals surface area contributed by atoms with Crippen LogP contribution >= 0.6 is 0 Å². The van der Waals surface area contributed by atoms with Crippen molar-refractivity contribution in [1.82, 2.24) is 0 Å².